The van der Waals surface area contributed by atoms with Crippen molar-refractivity contribution in [3.05, 3.63) is 12.2 Å². The van der Waals surface area contributed by atoms with Gasteiger partial charge in [0.2, 0.25) is 10.0 Å². The Kier molecular flexibility index (Phi) is 6.83. The lowest BCUT2D eigenvalue weighted by molar-refractivity contribution is -0.142. The molecule has 1 fully saturated rings. The van der Waals surface area contributed by atoms with Crippen LogP contribution in [0.25, 0.3) is 0 Å². The Labute approximate surface area is 127 Å². The van der Waals surface area contributed by atoms with E-state index >= 15 is 0 Å². The largest absolute Gasteiger partial charge is 0.481 e. The summed E-state index contributed by atoms with van der Waals surface area (Å²) in [4.78, 5) is 11.1. The molecule has 1 aliphatic rings. The first-order chi connectivity index (χ1) is 9.77. The number of carboxylic acids is 1. The fourth-order valence-corrected chi connectivity index (χ4v) is 4.34. The van der Waals surface area contributed by atoms with E-state index < -0.39 is 21.9 Å². The molecule has 21 heavy (non-hydrogen) atoms. The van der Waals surface area contributed by atoms with Gasteiger partial charge in [-0.3, -0.25) is 4.79 Å². The highest BCUT2D eigenvalue weighted by molar-refractivity contribution is 7.89. The summed E-state index contributed by atoms with van der Waals surface area (Å²) >= 11 is 0. The van der Waals surface area contributed by atoms with Crippen molar-refractivity contribution in [2.75, 3.05) is 25.4 Å². The zero-order valence-corrected chi connectivity index (χ0v) is 13.7. The van der Waals surface area contributed by atoms with Gasteiger partial charge in [0.25, 0.3) is 0 Å². The smallest absolute Gasteiger partial charge is 0.308 e. The Hall–Kier alpha value is -0.920. The van der Waals surface area contributed by atoms with Crippen LogP contribution < -0.4 is 5.32 Å². The lowest BCUT2D eigenvalue weighted by Gasteiger charge is -2.24. The quantitative estimate of drug-likeness (QED) is 0.621. The van der Waals surface area contributed by atoms with Crippen LogP contribution in [0.1, 0.15) is 33.1 Å². The first-order valence-corrected chi connectivity index (χ1v) is 8.97. The van der Waals surface area contributed by atoms with Crippen molar-refractivity contribution in [3.63, 3.8) is 0 Å². The minimum absolute atomic E-state index is 0.0482. The standard InChI is InChI=1S/C14H26N2O4S/c1-4-8-16(21(19,20)10-11(2)3)9-6-13-12(14(17)18)5-7-15-13/h12-13,15H,2,4-10H2,1,3H3,(H,17,18). The van der Waals surface area contributed by atoms with Crippen molar-refractivity contribution < 1.29 is 18.3 Å². The monoisotopic (exact) mass is 318 g/mol. The van der Waals surface area contributed by atoms with Gasteiger partial charge in [0.1, 0.15) is 0 Å². The van der Waals surface area contributed by atoms with Gasteiger partial charge in [-0.1, -0.05) is 19.1 Å². The predicted molar refractivity (Wildman–Crippen MR) is 82.6 cm³/mol. The molecule has 122 valence electrons. The van der Waals surface area contributed by atoms with Crippen LogP contribution in [-0.4, -0.2) is 55.2 Å². The highest BCUT2D eigenvalue weighted by Crippen LogP contribution is 2.20. The highest BCUT2D eigenvalue weighted by atomic mass is 32.2. The van der Waals surface area contributed by atoms with Crippen molar-refractivity contribution >= 4 is 16.0 Å². The third-order valence-electron chi connectivity index (χ3n) is 3.65. The van der Waals surface area contributed by atoms with Gasteiger partial charge in [-0.05, 0) is 32.7 Å². The Morgan fingerprint density at radius 3 is 2.62 bits per heavy atom. The molecule has 1 aliphatic heterocycles. The summed E-state index contributed by atoms with van der Waals surface area (Å²) in [5.74, 6) is -1.28. The maximum Gasteiger partial charge on any atom is 0.308 e. The van der Waals surface area contributed by atoms with E-state index in [4.69, 9.17) is 5.11 Å². The summed E-state index contributed by atoms with van der Waals surface area (Å²) in [6, 6.07) is -0.151. The van der Waals surface area contributed by atoms with Crippen molar-refractivity contribution in [1.82, 2.24) is 9.62 Å². The topological polar surface area (TPSA) is 86.7 Å². The first kappa shape index (κ1) is 18.1. The molecule has 0 aromatic rings. The second-order valence-electron chi connectivity index (χ2n) is 5.70. The maximum atomic E-state index is 12.3. The van der Waals surface area contributed by atoms with Gasteiger partial charge in [-0.15, -0.1) is 0 Å². The molecule has 1 saturated heterocycles. The van der Waals surface area contributed by atoms with Gasteiger partial charge < -0.3 is 10.4 Å². The number of sulfonamides is 1. The number of hydrogen-bond donors (Lipinski definition) is 2. The van der Waals surface area contributed by atoms with Gasteiger partial charge in [0, 0.05) is 19.1 Å². The Morgan fingerprint density at radius 2 is 2.10 bits per heavy atom. The average molecular weight is 318 g/mol. The Balaban J connectivity index is 2.67. The van der Waals surface area contributed by atoms with Crippen LogP contribution in [0.2, 0.25) is 0 Å². The number of nitrogens with zero attached hydrogens (tertiary/aromatic N) is 1. The molecule has 0 bridgehead atoms. The van der Waals surface area contributed by atoms with Crippen LogP contribution in [0.5, 0.6) is 0 Å². The predicted octanol–water partition coefficient (Wildman–Crippen LogP) is 1.06. The van der Waals surface area contributed by atoms with Crippen LogP contribution in [0.15, 0.2) is 12.2 Å². The molecule has 0 spiro atoms. The van der Waals surface area contributed by atoms with Gasteiger partial charge >= 0.3 is 5.97 Å². The normalized spacial score (nSPS) is 22.6. The van der Waals surface area contributed by atoms with Gasteiger partial charge in [0.05, 0.1) is 11.7 Å². The van der Waals surface area contributed by atoms with E-state index in [1.54, 1.807) is 6.92 Å². The zero-order chi connectivity index (χ0) is 16.0. The van der Waals surface area contributed by atoms with Crippen molar-refractivity contribution in [2.45, 2.75) is 39.2 Å². The summed E-state index contributed by atoms with van der Waals surface area (Å²) in [6.45, 7) is 8.77. The molecule has 1 rings (SSSR count). The molecule has 0 radical (unpaired) electrons. The maximum absolute atomic E-state index is 12.3. The molecular formula is C14H26N2O4S. The van der Waals surface area contributed by atoms with Crippen molar-refractivity contribution in [2.24, 2.45) is 5.92 Å². The molecule has 2 atom stereocenters. The average Bonchev–Trinajstić information content (AvgIpc) is 2.80. The number of carbonyl (C=O) groups is 1. The minimum atomic E-state index is -3.35. The molecule has 0 amide bonds. The summed E-state index contributed by atoms with van der Waals surface area (Å²) in [5.41, 5.74) is 0.610. The summed E-state index contributed by atoms with van der Waals surface area (Å²) < 4.78 is 26.0. The minimum Gasteiger partial charge on any atom is -0.481 e. The molecule has 7 heteroatoms. The molecule has 0 aliphatic carbocycles. The number of hydrogen-bond acceptors (Lipinski definition) is 4. The van der Waals surface area contributed by atoms with E-state index in [9.17, 15) is 13.2 Å². The number of carboxylic acid groups (broad SMARTS) is 1. The third-order valence-corrected chi connectivity index (χ3v) is 5.66. The zero-order valence-electron chi connectivity index (χ0n) is 12.8. The SMILES string of the molecule is C=C(C)CS(=O)(=O)N(CCC)CCC1NCCC1C(=O)O. The molecular weight excluding hydrogens is 292 g/mol. The second kappa shape index (κ2) is 7.91. The molecule has 1 heterocycles. The molecule has 0 aromatic heterocycles. The van der Waals surface area contributed by atoms with Gasteiger partial charge in [-0.25, -0.2) is 12.7 Å². The molecule has 2 unspecified atom stereocenters. The van der Waals surface area contributed by atoms with E-state index in [2.05, 4.69) is 11.9 Å². The summed E-state index contributed by atoms with van der Waals surface area (Å²) in [5, 5.41) is 12.3. The van der Waals surface area contributed by atoms with Crippen molar-refractivity contribution in [3.8, 4) is 0 Å². The first-order valence-electron chi connectivity index (χ1n) is 7.36. The molecule has 6 nitrogen and oxygen atoms in total. The lowest BCUT2D eigenvalue weighted by atomic mass is 9.98. The second-order valence-corrected chi connectivity index (χ2v) is 7.66. The number of nitrogens with one attached hydrogen (secondary N) is 1. The van der Waals surface area contributed by atoms with Crippen LogP contribution in [0, 0.1) is 5.92 Å². The lowest BCUT2D eigenvalue weighted by Crippen LogP contribution is -2.39. The van der Waals surface area contributed by atoms with Gasteiger partial charge in [-0.2, -0.15) is 0 Å². The Bertz CT molecular complexity index is 475. The fourth-order valence-electron chi connectivity index (χ4n) is 2.69. The van der Waals surface area contributed by atoms with E-state index in [1.807, 2.05) is 6.92 Å². The molecule has 2 N–H and O–H groups in total. The number of rotatable bonds is 9. The fraction of sp³-hybridized carbons (Fsp3) is 0.786. The van der Waals surface area contributed by atoms with Crippen LogP contribution >= 0.6 is 0 Å². The van der Waals surface area contributed by atoms with Crippen LogP contribution in [0.3, 0.4) is 0 Å². The van der Waals surface area contributed by atoms with E-state index in [1.165, 1.54) is 4.31 Å². The van der Waals surface area contributed by atoms with Gasteiger partial charge in [0.15, 0.2) is 0 Å². The third kappa shape index (κ3) is 5.41. The summed E-state index contributed by atoms with van der Waals surface area (Å²) in [6.07, 6.45) is 1.86. The van der Waals surface area contributed by atoms with E-state index in [0.717, 1.165) is 6.42 Å². The number of aliphatic carboxylic acids is 1. The van der Waals surface area contributed by atoms with Crippen molar-refractivity contribution in [1.29, 1.82) is 0 Å². The molecule has 0 aromatic carbocycles. The molecule has 0 saturated carbocycles. The van der Waals surface area contributed by atoms with E-state index in [-0.39, 0.29) is 11.8 Å². The Morgan fingerprint density at radius 1 is 1.43 bits per heavy atom. The van der Waals surface area contributed by atoms with Crippen LogP contribution in [0.4, 0.5) is 0 Å². The summed E-state index contributed by atoms with van der Waals surface area (Å²) in [7, 11) is -3.35. The van der Waals surface area contributed by atoms with Crippen LogP contribution in [-0.2, 0) is 14.8 Å². The van der Waals surface area contributed by atoms with E-state index in [0.29, 0.717) is 38.0 Å². The highest BCUT2D eigenvalue weighted by Gasteiger charge is 2.33.